The van der Waals surface area contributed by atoms with Crippen LogP contribution in [-0.2, 0) is 11.3 Å². The molecule has 0 bridgehead atoms. The van der Waals surface area contributed by atoms with E-state index in [4.69, 9.17) is 4.74 Å². The quantitative estimate of drug-likeness (QED) is 0.709. The fourth-order valence-corrected chi connectivity index (χ4v) is 2.51. The third-order valence-corrected chi connectivity index (χ3v) is 3.63. The van der Waals surface area contributed by atoms with Gasteiger partial charge in [-0.05, 0) is 37.0 Å². The highest BCUT2D eigenvalue weighted by Crippen LogP contribution is 2.35. The van der Waals surface area contributed by atoms with Gasteiger partial charge in [0.2, 0.25) is 0 Å². The first-order valence-corrected chi connectivity index (χ1v) is 7.61. The molecule has 0 aliphatic heterocycles. The predicted octanol–water partition coefficient (Wildman–Crippen LogP) is 3.08. The van der Waals surface area contributed by atoms with E-state index in [0.29, 0.717) is 37.8 Å². The van der Waals surface area contributed by atoms with Crippen molar-refractivity contribution in [1.29, 1.82) is 0 Å². The van der Waals surface area contributed by atoms with Gasteiger partial charge >= 0.3 is 0 Å². The average molecular weight is 298 g/mol. The van der Waals surface area contributed by atoms with Crippen LogP contribution in [0.4, 0.5) is 14.5 Å². The van der Waals surface area contributed by atoms with Crippen molar-refractivity contribution in [3.05, 3.63) is 29.3 Å². The van der Waals surface area contributed by atoms with Crippen LogP contribution in [0.1, 0.15) is 31.7 Å². The first-order valence-electron chi connectivity index (χ1n) is 7.61. The standard InChI is InChI=1S/C16H24F2N2O/c1-3-7-20(13-4-5-13)16-14(17)9-12(10-15(16)18)11-19-6-8-21-2/h9-10,13,19H,3-8,11H2,1-2H3. The number of hydrogen-bond acceptors (Lipinski definition) is 3. The van der Waals surface area contributed by atoms with Crippen LogP contribution >= 0.6 is 0 Å². The Morgan fingerprint density at radius 2 is 1.95 bits per heavy atom. The van der Waals surface area contributed by atoms with E-state index in [-0.39, 0.29) is 5.69 Å². The topological polar surface area (TPSA) is 24.5 Å². The van der Waals surface area contributed by atoms with Crippen LogP contribution in [0.5, 0.6) is 0 Å². The lowest BCUT2D eigenvalue weighted by Gasteiger charge is -2.25. The lowest BCUT2D eigenvalue weighted by atomic mass is 10.1. The summed E-state index contributed by atoms with van der Waals surface area (Å²) >= 11 is 0. The third-order valence-electron chi connectivity index (χ3n) is 3.63. The van der Waals surface area contributed by atoms with E-state index in [1.54, 1.807) is 7.11 Å². The molecule has 0 spiro atoms. The van der Waals surface area contributed by atoms with E-state index >= 15 is 0 Å². The lowest BCUT2D eigenvalue weighted by Crippen LogP contribution is -2.28. The van der Waals surface area contributed by atoms with Crippen LogP contribution in [0.15, 0.2) is 12.1 Å². The second-order valence-electron chi connectivity index (χ2n) is 5.50. The van der Waals surface area contributed by atoms with E-state index in [2.05, 4.69) is 5.32 Å². The Morgan fingerprint density at radius 1 is 1.29 bits per heavy atom. The minimum absolute atomic E-state index is 0.139. The molecule has 1 aliphatic carbocycles. The van der Waals surface area contributed by atoms with Crippen LogP contribution in [0.3, 0.4) is 0 Å². The number of hydrogen-bond donors (Lipinski definition) is 1. The molecule has 1 saturated carbocycles. The van der Waals surface area contributed by atoms with Gasteiger partial charge in [0.25, 0.3) is 0 Å². The van der Waals surface area contributed by atoms with Gasteiger partial charge in [-0.3, -0.25) is 0 Å². The molecule has 0 unspecified atom stereocenters. The number of nitrogens with zero attached hydrogens (tertiary/aromatic N) is 1. The smallest absolute Gasteiger partial charge is 0.149 e. The molecule has 0 saturated heterocycles. The van der Waals surface area contributed by atoms with Gasteiger partial charge in [0.05, 0.1) is 6.61 Å². The molecule has 0 amide bonds. The second-order valence-corrected chi connectivity index (χ2v) is 5.50. The molecule has 118 valence electrons. The molecule has 1 aromatic rings. The van der Waals surface area contributed by atoms with Gasteiger partial charge in [0.15, 0.2) is 0 Å². The highest BCUT2D eigenvalue weighted by molar-refractivity contribution is 5.52. The summed E-state index contributed by atoms with van der Waals surface area (Å²) in [7, 11) is 1.62. The Bertz CT molecular complexity index is 441. The maximum atomic E-state index is 14.3. The molecule has 0 radical (unpaired) electrons. The maximum Gasteiger partial charge on any atom is 0.149 e. The molecule has 1 N–H and O–H groups in total. The SMILES string of the molecule is CCCN(c1c(F)cc(CNCCOC)cc1F)C1CC1. The van der Waals surface area contributed by atoms with E-state index in [9.17, 15) is 8.78 Å². The number of benzene rings is 1. The zero-order valence-electron chi connectivity index (χ0n) is 12.8. The number of rotatable bonds is 9. The van der Waals surface area contributed by atoms with Gasteiger partial charge < -0.3 is 15.0 Å². The van der Waals surface area contributed by atoms with Crippen molar-refractivity contribution in [2.75, 3.05) is 31.7 Å². The molecule has 1 aliphatic rings. The van der Waals surface area contributed by atoms with E-state index < -0.39 is 11.6 Å². The highest BCUT2D eigenvalue weighted by Gasteiger charge is 2.32. The van der Waals surface area contributed by atoms with E-state index in [1.165, 1.54) is 12.1 Å². The summed E-state index contributed by atoms with van der Waals surface area (Å²) in [5.41, 5.74) is 0.761. The Kier molecular flexibility index (Phi) is 5.94. The van der Waals surface area contributed by atoms with Crippen molar-refractivity contribution in [3.8, 4) is 0 Å². The molecule has 21 heavy (non-hydrogen) atoms. The van der Waals surface area contributed by atoms with Gasteiger partial charge in [-0.1, -0.05) is 6.92 Å². The average Bonchev–Trinajstić information content (AvgIpc) is 3.26. The minimum Gasteiger partial charge on any atom is -0.383 e. The zero-order valence-corrected chi connectivity index (χ0v) is 12.8. The molecule has 0 aromatic heterocycles. The van der Waals surface area contributed by atoms with Crippen molar-refractivity contribution in [2.24, 2.45) is 0 Å². The Hall–Kier alpha value is -1.20. The van der Waals surface area contributed by atoms with Crippen LogP contribution in [0, 0.1) is 11.6 Å². The van der Waals surface area contributed by atoms with Crippen molar-refractivity contribution in [3.63, 3.8) is 0 Å². The highest BCUT2D eigenvalue weighted by atomic mass is 19.1. The van der Waals surface area contributed by atoms with Gasteiger partial charge in [-0.15, -0.1) is 0 Å². The fourth-order valence-electron chi connectivity index (χ4n) is 2.51. The van der Waals surface area contributed by atoms with E-state index in [1.807, 2.05) is 11.8 Å². The molecule has 0 heterocycles. The lowest BCUT2D eigenvalue weighted by molar-refractivity contribution is 0.199. The first-order chi connectivity index (χ1) is 10.2. The molecule has 1 fully saturated rings. The van der Waals surface area contributed by atoms with Gasteiger partial charge in [0.1, 0.15) is 17.3 Å². The van der Waals surface area contributed by atoms with Gasteiger partial charge in [-0.25, -0.2) is 8.78 Å². The van der Waals surface area contributed by atoms with Crippen molar-refractivity contribution in [2.45, 2.75) is 38.8 Å². The Balaban J connectivity index is 2.08. The summed E-state index contributed by atoms with van der Waals surface area (Å²) in [6.45, 7) is 4.40. The Morgan fingerprint density at radius 3 is 2.48 bits per heavy atom. The molecule has 3 nitrogen and oxygen atoms in total. The van der Waals surface area contributed by atoms with Crippen molar-refractivity contribution in [1.82, 2.24) is 5.32 Å². The Labute approximate surface area is 125 Å². The van der Waals surface area contributed by atoms with Crippen LogP contribution in [0.2, 0.25) is 0 Å². The van der Waals surface area contributed by atoms with Crippen molar-refractivity contribution >= 4 is 5.69 Å². The third kappa shape index (κ3) is 4.38. The zero-order chi connectivity index (χ0) is 15.2. The molecule has 2 rings (SSSR count). The monoisotopic (exact) mass is 298 g/mol. The van der Waals surface area contributed by atoms with Crippen LogP contribution in [0.25, 0.3) is 0 Å². The van der Waals surface area contributed by atoms with E-state index in [0.717, 1.165) is 19.3 Å². The molecule has 0 atom stereocenters. The molecule has 1 aromatic carbocycles. The summed E-state index contributed by atoms with van der Waals surface area (Å²) in [5, 5.41) is 3.09. The molecular weight excluding hydrogens is 274 g/mol. The first kappa shape index (κ1) is 16.2. The number of methoxy groups -OCH3 is 1. The maximum absolute atomic E-state index is 14.3. The summed E-state index contributed by atoms with van der Waals surface area (Å²) < 4.78 is 33.5. The van der Waals surface area contributed by atoms with Gasteiger partial charge in [-0.2, -0.15) is 0 Å². The van der Waals surface area contributed by atoms with Crippen LogP contribution < -0.4 is 10.2 Å². The van der Waals surface area contributed by atoms with Crippen molar-refractivity contribution < 1.29 is 13.5 Å². The predicted molar refractivity (Wildman–Crippen MR) is 80.6 cm³/mol. The number of nitrogens with one attached hydrogen (secondary N) is 1. The summed E-state index contributed by atoms with van der Waals surface area (Å²) in [4.78, 5) is 1.88. The molecule has 5 heteroatoms. The normalized spacial score (nSPS) is 14.5. The van der Waals surface area contributed by atoms with Crippen LogP contribution in [-0.4, -0.2) is 32.8 Å². The molecular formula is C16H24F2N2O. The fraction of sp³-hybridized carbons (Fsp3) is 0.625. The summed E-state index contributed by atoms with van der Waals surface area (Å²) in [6, 6.07) is 3.17. The summed E-state index contributed by atoms with van der Waals surface area (Å²) in [5.74, 6) is -0.919. The second kappa shape index (κ2) is 7.71. The van der Waals surface area contributed by atoms with Gasteiger partial charge in [0, 0.05) is 32.8 Å². The minimum atomic E-state index is -0.459. The largest absolute Gasteiger partial charge is 0.383 e. The number of anilines is 1. The number of ether oxygens (including phenoxy) is 1. The number of halogens is 2. The summed E-state index contributed by atoms with van der Waals surface area (Å²) in [6.07, 6.45) is 2.94.